The quantitative estimate of drug-likeness (QED) is 0.822. The molecule has 90 valence electrons. The number of rotatable bonds is 4. The highest BCUT2D eigenvalue weighted by molar-refractivity contribution is 5.76. The summed E-state index contributed by atoms with van der Waals surface area (Å²) in [4.78, 5) is 10.6. The van der Waals surface area contributed by atoms with Gasteiger partial charge in [-0.1, -0.05) is 25.1 Å². The molecule has 4 nitrogen and oxygen atoms in total. The van der Waals surface area contributed by atoms with Crippen LogP contribution in [0.2, 0.25) is 0 Å². The summed E-state index contributed by atoms with van der Waals surface area (Å²) in [6.45, 7) is 2.87. The van der Waals surface area contributed by atoms with Crippen molar-refractivity contribution in [2.75, 3.05) is 6.61 Å². The second-order valence-corrected chi connectivity index (χ2v) is 3.68. The summed E-state index contributed by atoms with van der Waals surface area (Å²) < 4.78 is 5.16. The molecule has 1 rings (SSSR count). The van der Waals surface area contributed by atoms with Crippen molar-refractivity contribution < 1.29 is 19.7 Å². The molecule has 0 saturated heterocycles. The molecule has 0 heterocycles. The number of ether oxygens (including phenoxy) is 1. The van der Waals surface area contributed by atoms with E-state index in [2.05, 4.69) is 0 Å². The van der Waals surface area contributed by atoms with Gasteiger partial charge in [0.1, 0.15) is 12.4 Å². The van der Waals surface area contributed by atoms with Gasteiger partial charge in [-0.3, -0.25) is 0 Å². The van der Waals surface area contributed by atoms with Crippen LogP contribution in [0.4, 0.5) is 0 Å². The number of aliphatic hydroxyl groups is 1. The van der Waals surface area contributed by atoms with E-state index in [1.165, 1.54) is 6.92 Å². The largest absolute Gasteiger partial charge is 0.490 e. The van der Waals surface area contributed by atoms with Gasteiger partial charge in [-0.05, 0) is 26.0 Å². The van der Waals surface area contributed by atoms with Crippen molar-refractivity contribution >= 4 is 5.97 Å². The van der Waals surface area contributed by atoms with Crippen LogP contribution in [0.15, 0.2) is 24.3 Å². The molecule has 0 amide bonds. The molecular weight excluding hydrogens is 208 g/mol. The maximum absolute atomic E-state index is 10.6. The normalized spacial score (nSPS) is 13.4. The molecule has 1 aromatic rings. The van der Waals surface area contributed by atoms with Gasteiger partial charge in [0, 0.05) is 0 Å². The van der Waals surface area contributed by atoms with E-state index >= 15 is 0 Å². The lowest BCUT2D eigenvalue weighted by molar-refractivity contribution is -0.159. The van der Waals surface area contributed by atoms with Gasteiger partial charge in [0.2, 0.25) is 0 Å². The van der Waals surface area contributed by atoms with E-state index < -0.39 is 11.6 Å². The van der Waals surface area contributed by atoms with Gasteiger partial charge in [0.05, 0.1) is 0 Å². The molecule has 0 unspecified atom stereocenters. The van der Waals surface area contributed by atoms with Crippen LogP contribution in [0, 0.1) is 6.92 Å². The lowest BCUT2D eigenvalue weighted by atomic mass is 10.1. The molecular formula is C12H18O4. The highest BCUT2D eigenvalue weighted by Gasteiger charge is 2.30. The maximum Gasteiger partial charge on any atom is 0.339 e. The van der Waals surface area contributed by atoms with E-state index in [-0.39, 0.29) is 14.0 Å². The van der Waals surface area contributed by atoms with Crippen LogP contribution in [-0.4, -0.2) is 28.4 Å². The molecule has 0 fully saturated rings. The lowest BCUT2D eigenvalue weighted by Crippen LogP contribution is -2.41. The molecule has 1 atom stereocenters. The zero-order valence-electron chi connectivity index (χ0n) is 8.73. The van der Waals surface area contributed by atoms with Gasteiger partial charge in [-0.25, -0.2) is 4.79 Å². The average Bonchev–Trinajstić information content (AvgIpc) is 2.17. The molecule has 16 heavy (non-hydrogen) atoms. The summed E-state index contributed by atoms with van der Waals surface area (Å²) in [5.74, 6) is -0.753. The first kappa shape index (κ1) is 14.5. The molecule has 0 radical (unpaired) electrons. The van der Waals surface area contributed by atoms with Crippen LogP contribution in [0.1, 0.15) is 19.9 Å². The molecule has 0 saturated carbocycles. The van der Waals surface area contributed by atoms with Crippen molar-refractivity contribution in [1.82, 2.24) is 0 Å². The van der Waals surface area contributed by atoms with Gasteiger partial charge in [0.15, 0.2) is 5.60 Å². The molecule has 1 aromatic carbocycles. The smallest absolute Gasteiger partial charge is 0.339 e. The van der Waals surface area contributed by atoms with Gasteiger partial charge < -0.3 is 14.9 Å². The summed E-state index contributed by atoms with van der Waals surface area (Å²) in [7, 11) is 0. The second kappa shape index (κ2) is 5.51. The standard InChI is InChI=1S/C11H14O4.CH4/c1-8-3-5-9(6-4-8)15-7-11(2,14)10(12)13;/h3-6,14H,7H2,1-2H3,(H,12,13);1H4/t11-;/m0./s1. The Morgan fingerprint density at radius 2 is 1.88 bits per heavy atom. The van der Waals surface area contributed by atoms with Gasteiger partial charge in [-0.15, -0.1) is 0 Å². The van der Waals surface area contributed by atoms with E-state index in [0.29, 0.717) is 5.75 Å². The van der Waals surface area contributed by atoms with Gasteiger partial charge in [-0.2, -0.15) is 0 Å². The Labute approximate surface area is 95.5 Å². The van der Waals surface area contributed by atoms with E-state index in [1.54, 1.807) is 12.1 Å². The monoisotopic (exact) mass is 226 g/mol. The van der Waals surface area contributed by atoms with Gasteiger partial charge >= 0.3 is 5.97 Å². The lowest BCUT2D eigenvalue weighted by Gasteiger charge is -2.18. The molecule has 0 bridgehead atoms. The van der Waals surface area contributed by atoms with Crippen LogP contribution in [0.25, 0.3) is 0 Å². The average molecular weight is 226 g/mol. The van der Waals surface area contributed by atoms with E-state index in [0.717, 1.165) is 5.56 Å². The molecule has 0 aliphatic heterocycles. The zero-order chi connectivity index (χ0) is 11.5. The highest BCUT2D eigenvalue weighted by atomic mass is 16.5. The number of aliphatic carboxylic acids is 1. The number of aryl methyl sites for hydroxylation is 1. The predicted octanol–water partition coefficient (Wildman–Crippen LogP) is 1.85. The summed E-state index contributed by atoms with van der Waals surface area (Å²) in [6, 6.07) is 7.16. The Kier molecular flexibility index (Phi) is 4.98. The zero-order valence-corrected chi connectivity index (χ0v) is 8.73. The first-order valence-electron chi connectivity index (χ1n) is 4.57. The minimum atomic E-state index is -1.86. The summed E-state index contributed by atoms with van der Waals surface area (Å²) in [5, 5.41) is 18.0. The minimum Gasteiger partial charge on any atom is -0.490 e. The SMILES string of the molecule is C.Cc1ccc(OC[C@](C)(O)C(=O)O)cc1. The van der Waals surface area contributed by atoms with Crippen molar-refractivity contribution in [1.29, 1.82) is 0 Å². The Hall–Kier alpha value is -1.55. The third kappa shape index (κ3) is 3.90. The van der Waals surface area contributed by atoms with E-state index in [1.807, 2.05) is 19.1 Å². The predicted molar refractivity (Wildman–Crippen MR) is 61.7 cm³/mol. The number of carbonyl (C=O) groups is 1. The second-order valence-electron chi connectivity index (χ2n) is 3.68. The van der Waals surface area contributed by atoms with E-state index in [9.17, 15) is 9.90 Å². The fraction of sp³-hybridized carbons (Fsp3) is 0.417. The Morgan fingerprint density at radius 1 is 1.38 bits per heavy atom. The number of benzene rings is 1. The molecule has 0 spiro atoms. The summed E-state index contributed by atoms with van der Waals surface area (Å²) in [6.07, 6.45) is 0. The number of carboxylic acid groups (broad SMARTS) is 1. The first-order valence-corrected chi connectivity index (χ1v) is 4.57. The third-order valence-electron chi connectivity index (χ3n) is 2.00. The van der Waals surface area contributed by atoms with Gasteiger partial charge in [0.25, 0.3) is 0 Å². The first-order chi connectivity index (χ1) is 6.92. The molecule has 0 aliphatic rings. The van der Waals surface area contributed by atoms with Crippen LogP contribution < -0.4 is 4.74 Å². The minimum absolute atomic E-state index is 0. The molecule has 2 N–H and O–H groups in total. The summed E-state index contributed by atoms with van der Waals surface area (Å²) >= 11 is 0. The van der Waals surface area contributed by atoms with Crippen LogP contribution >= 0.6 is 0 Å². The molecule has 4 heteroatoms. The van der Waals surface area contributed by atoms with Crippen LogP contribution in [-0.2, 0) is 4.79 Å². The topological polar surface area (TPSA) is 66.8 Å². The van der Waals surface area contributed by atoms with Crippen molar-refractivity contribution in [3.63, 3.8) is 0 Å². The fourth-order valence-electron chi connectivity index (χ4n) is 0.920. The summed E-state index contributed by atoms with van der Waals surface area (Å²) in [5.41, 5.74) is -0.766. The molecule has 0 aromatic heterocycles. The Morgan fingerprint density at radius 3 is 2.31 bits per heavy atom. The Bertz CT molecular complexity index is 341. The number of carboxylic acids is 1. The molecule has 0 aliphatic carbocycles. The van der Waals surface area contributed by atoms with Crippen LogP contribution in [0.5, 0.6) is 5.75 Å². The third-order valence-corrected chi connectivity index (χ3v) is 2.00. The van der Waals surface area contributed by atoms with Crippen molar-refractivity contribution in [2.45, 2.75) is 26.9 Å². The maximum atomic E-state index is 10.6. The van der Waals surface area contributed by atoms with Crippen molar-refractivity contribution in [3.05, 3.63) is 29.8 Å². The Balaban J connectivity index is 0.00000225. The number of hydrogen-bond acceptors (Lipinski definition) is 3. The van der Waals surface area contributed by atoms with Crippen molar-refractivity contribution in [3.8, 4) is 5.75 Å². The highest BCUT2D eigenvalue weighted by Crippen LogP contribution is 2.14. The number of hydrogen-bond donors (Lipinski definition) is 2. The van der Waals surface area contributed by atoms with Crippen LogP contribution in [0.3, 0.4) is 0 Å². The van der Waals surface area contributed by atoms with E-state index in [4.69, 9.17) is 9.84 Å². The van der Waals surface area contributed by atoms with Crippen molar-refractivity contribution in [2.24, 2.45) is 0 Å². The fourth-order valence-corrected chi connectivity index (χ4v) is 0.920.